The van der Waals surface area contributed by atoms with Crippen molar-refractivity contribution in [1.29, 1.82) is 0 Å². The predicted octanol–water partition coefficient (Wildman–Crippen LogP) is 3.80. The van der Waals surface area contributed by atoms with Gasteiger partial charge in [0.1, 0.15) is 0 Å². The van der Waals surface area contributed by atoms with Gasteiger partial charge in [-0.2, -0.15) is 0 Å². The van der Waals surface area contributed by atoms with Gasteiger partial charge in [0.25, 0.3) is 0 Å². The third-order valence-electron chi connectivity index (χ3n) is 2.18. The van der Waals surface area contributed by atoms with E-state index < -0.39 is 0 Å². The Balaban J connectivity index is 2.28. The molecule has 2 rings (SSSR count). The van der Waals surface area contributed by atoms with E-state index in [0.717, 1.165) is 11.3 Å². The van der Waals surface area contributed by atoms with Crippen LogP contribution in [0, 0.1) is 6.57 Å². The smallest absolute Gasteiger partial charge is 0.194 e. The number of pyridine rings is 1. The summed E-state index contributed by atoms with van der Waals surface area (Å²) in [5, 5.41) is 0. The monoisotopic (exact) mass is 206 g/mol. The largest absolute Gasteiger partial charge is 0.257 e. The summed E-state index contributed by atoms with van der Waals surface area (Å²) < 4.78 is 0. The molecule has 1 aromatic heterocycles. The van der Waals surface area contributed by atoms with Crippen LogP contribution in [0.15, 0.2) is 48.7 Å². The normalized spacial score (nSPS) is 10.2. The fraction of sp³-hybridized carbons (Fsp3) is 0. The quantitative estimate of drug-likeness (QED) is 0.683. The van der Waals surface area contributed by atoms with Crippen LogP contribution in [0.4, 0.5) is 5.69 Å². The Morgan fingerprint density at radius 1 is 1.00 bits per heavy atom. The number of hydrogen-bond acceptors (Lipinski definition) is 1. The number of rotatable bonds is 2. The van der Waals surface area contributed by atoms with Gasteiger partial charge in [0, 0.05) is 6.20 Å². The van der Waals surface area contributed by atoms with E-state index in [9.17, 15) is 0 Å². The van der Waals surface area contributed by atoms with Crippen molar-refractivity contribution < 1.29 is 0 Å². The fourth-order valence-corrected chi connectivity index (χ4v) is 1.38. The molecule has 0 radical (unpaired) electrons. The summed E-state index contributed by atoms with van der Waals surface area (Å²) in [4.78, 5) is 7.65. The van der Waals surface area contributed by atoms with Crippen molar-refractivity contribution >= 4 is 17.8 Å². The molecular formula is C14H10N2. The highest BCUT2D eigenvalue weighted by atomic mass is 14.7. The Bertz CT molecular complexity index is 536. The number of para-hydroxylation sites is 1. The zero-order valence-corrected chi connectivity index (χ0v) is 8.67. The molecule has 1 aromatic carbocycles. The van der Waals surface area contributed by atoms with Crippen molar-refractivity contribution in [3.8, 4) is 0 Å². The number of aromatic nitrogens is 1. The van der Waals surface area contributed by atoms with Crippen LogP contribution in [0.25, 0.3) is 17.0 Å². The van der Waals surface area contributed by atoms with Gasteiger partial charge in [-0.3, -0.25) is 4.98 Å². The van der Waals surface area contributed by atoms with E-state index in [1.165, 1.54) is 0 Å². The maximum absolute atomic E-state index is 7.04. The van der Waals surface area contributed by atoms with Crippen molar-refractivity contribution in [1.82, 2.24) is 4.98 Å². The second-order valence-electron chi connectivity index (χ2n) is 3.26. The molecule has 2 nitrogen and oxygen atoms in total. The van der Waals surface area contributed by atoms with E-state index >= 15 is 0 Å². The number of nitrogens with zero attached hydrogens (tertiary/aromatic N) is 2. The van der Waals surface area contributed by atoms with Crippen LogP contribution in [0.3, 0.4) is 0 Å². The van der Waals surface area contributed by atoms with Crippen LogP contribution in [-0.2, 0) is 0 Å². The molecule has 0 saturated carbocycles. The highest BCUT2D eigenvalue weighted by Crippen LogP contribution is 2.20. The van der Waals surface area contributed by atoms with E-state index in [1.807, 2.05) is 54.6 Å². The highest BCUT2D eigenvalue weighted by molar-refractivity contribution is 5.75. The average Bonchev–Trinajstić information content (AvgIpc) is 2.38. The molecule has 1 heterocycles. The molecule has 2 heteroatoms. The number of hydrogen-bond donors (Lipinski definition) is 0. The lowest BCUT2D eigenvalue weighted by molar-refractivity contribution is 1.30. The topological polar surface area (TPSA) is 17.2 Å². The van der Waals surface area contributed by atoms with Gasteiger partial charge in [-0.15, -0.1) is 0 Å². The summed E-state index contributed by atoms with van der Waals surface area (Å²) in [6.07, 6.45) is 5.57. The van der Waals surface area contributed by atoms with Gasteiger partial charge in [0.2, 0.25) is 0 Å². The summed E-state index contributed by atoms with van der Waals surface area (Å²) >= 11 is 0. The standard InChI is InChI=1S/C14H10N2/c1-15-14-8-3-2-6-12(14)9-10-13-7-4-5-11-16-13/h2-11H/b10-9+. The minimum Gasteiger partial charge on any atom is -0.257 e. The maximum Gasteiger partial charge on any atom is 0.194 e. The van der Waals surface area contributed by atoms with Crippen LogP contribution in [-0.4, -0.2) is 4.98 Å². The van der Waals surface area contributed by atoms with E-state index in [1.54, 1.807) is 6.20 Å². The first-order valence-corrected chi connectivity index (χ1v) is 4.96. The molecule has 0 amide bonds. The molecule has 0 fully saturated rings. The molecule has 76 valence electrons. The summed E-state index contributed by atoms with van der Waals surface area (Å²) in [6.45, 7) is 7.04. The summed E-state index contributed by atoms with van der Waals surface area (Å²) in [6, 6.07) is 13.3. The van der Waals surface area contributed by atoms with Crippen LogP contribution in [0.1, 0.15) is 11.3 Å². The van der Waals surface area contributed by atoms with Gasteiger partial charge >= 0.3 is 0 Å². The molecule has 0 atom stereocenters. The average molecular weight is 206 g/mol. The molecule has 2 aromatic rings. The predicted molar refractivity (Wildman–Crippen MR) is 65.9 cm³/mol. The molecule has 0 bridgehead atoms. The zero-order chi connectivity index (χ0) is 11.2. The van der Waals surface area contributed by atoms with Crippen molar-refractivity contribution in [2.24, 2.45) is 0 Å². The van der Waals surface area contributed by atoms with E-state index in [4.69, 9.17) is 6.57 Å². The minimum atomic E-state index is 0.662. The Morgan fingerprint density at radius 3 is 2.56 bits per heavy atom. The molecule has 0 aliphatic rings. The van der Waals surface area contributed by atoms with Gasteiger partial charge in [-0.1, -0.05) is 36.4 Å². The lowest BCUT2D eigenvalue weighted by Crippen LogP contribution is -1.77. The Kier molecular flexibility index (Phi) is 3.10. The summed E-state index contributed by atoms with van der Waals surface area (Å²) in [5.41, 5.74) is 2.47. The van der Waals surface area contributed by atoms with Crippen molar-refractivity contribution in [3.05, 3.63) is 71.3 Å². The third kappa shape index (κ3) is 2.34. The lowest BCUT2D eigenvalue weighted by atomic mass is 10.1. The Hall–Kier alpha value is -2.40. The molecule has 16 heavy (non-hydrogen) atoms. The maximum atomic E-state index is 7.04. The molecule has 0 unspecified atom stereocenters. The Morgan fingerprint density at radius 2 is 1.81 bits per heavy atom. The van der Waals surface area contributed by atoms with Crippen LogP contribution in [0.2, 0.25) is 0 Å². The Labute approximate surface area is 94.7 Å². The zero-order valence-electron chi connectivity index (χ0n) is 8.67. The molecule has 0 N–H and O–H groups in total. The first-order valence-electron chi connectivity index (χ1n) is 4.96. The molecular weight excluding hydrogens is 196 g/mol. The summed E-state index contributed by atoms with van der Waals surface area (Å²) in [7, 11) is 0. The van der Waals surface area contributed by atoms with Gasteiger partial charge in [0.15, 0.2) is 5.69 Å². The van der Waals surface area contributed by atoms with Crippen LogP contribution >= 0.6 is 0 Å². The highest BCUT2D eigenvalue weighted by Gasteiger charge is 1.95. The SMILES string of the molecule is [C-]#[N+]c1ccccc1/C=C/c1ccccn1. The first-order chi connectivity index (χ1) is 7.90. The van der Waals surface area contributed by atoms with Crippen molar-refractivity contribution in [2.45, 2.75) is 0 Å². The minimum absolute atomic E-state index is 0.662. The van der Waals surface area contributed by atoms with Crippen LogP contribution < -0.4 is 0 Å². The van der Waals surface area contributed by atoms with Crippen molar-refractivity contribution in [2.75, 3.05) is 0 Å². The van der Waals surface area contributed by atoms with Gasteiger partial charge in [-0.25, -0.2) is 4.85 Å². The van der Waals surface area contributed by atoms with Gasteiger partial charge in [-0.05, 0) is 23.8 Å². The van der Waals surface area contributed by atoms with Gasteiger partial charge in [0.05, 0.1) is 12.3 Å². The first kappa shape index (κ1) is 10.1. The van der Waals surface area contributed by atoms with E-state index in [2.05, 4.69) is 9.83 Å². The second kappa shape index (κ2) is 4.90. The third-order valence-corrected chi connectivity index (χ3v) is 2.18. The fourth-order valence-electron chi connectivity index (χ4n) is 1.38. The van der Waals surface area contributed by atoms with Crippen LogP contribution in [0.5, 0.6) is 0 Å². The molecule has 0 spiro atoms. The van der Waals surface area contributed by atoms with E-state index in [-0.39, 0.29) is 0 Å². The second-order valence-corrected chi connectivity index (χ2v) is 3.26. The molecule has 0 saturated heterocycles. The molecule has 0 aliphatic heterocycles. The number of benzene rings is 1. The van der Waals surface area contributed by atoms with Crippen molar-refractivity contribution in [3.63, 3.8) is 0 Å². The summed E-state index contributed by atoms with van der Waals surface area (Å²) in [5.74, 6) is 0. The van der Waals surface area contributed by atoms with E-state index in [0.29, 0.717) is 5.69 Å². The van der Waals surface area contributed by atoms with Gasteiger partial charge < -0.3 is 0 Å². The lowest BCUT2D eigenvalue weighted by Gasteiger charge is -1.96. The molecule has 0 aliphatic carbocycles.